The van der Waals surface area contributed by atoms with Gasteiger partial charge in [-0.25, -0.2) is 4.99 Å². The summed E-state index contributed by atoms with van der Waals surface area (Å²) in [4.78, 5) is 19.5. The smallest absolute Gasteiger partial charge is 0.259 e. The third-order valence-corrected chi connectivity index (χ3v) is 8.56. The number of methoxy groups -OCH3 is 1. The van der Waals surface area contributed by atoms with Gasteiger partial charge in [-0.2, -0.15) is 0 Å². The molecule has 34 heavy (non-hydrogen) atoms. The number of benzene rings is 2. The minimum Gasteiger partial charge on any atom is -0.496 e. The number of nitrogens with one attached hydrogen (secondary N) is 1. The molecule has 4 rings (SSSR count). The Morgan fingerprint density at radius 1 is 1.24 bits per heavy atom. The van der Waals surface area contributed by atoms with Crippen molar-refractivity contribution >= 4 is 68.3 Å². The SMILES string of the molecule is COc1ccc(C=Nc2sc3c(c2C(=O)Nc2ccc(Cl)cc2)CC[C@H](C(C)(C)C)C3)cc1I. The maximum Gasteiger partial charge on any atom is 0.259 e. The Labute approximate surface area is 223 Å². The summed E-state index contributed by atoms with van der Waals surface area (Å²) >= 11 is 9.91. The summed E-state index contributed by atoms with van der Waals surface area (Å²) in [5.41, 5.74) is 3.76. The van der Waals surface area contributed by atoms with Gasteiger partial charge in [-0.3, -0.25) is 4.79 Å². The average Bonchev–Trinajstić information content (AvgIpc) is 3.16. The molecule has 0 saturated heterocycles. The standard InChI is InChI=1S/C27H28ClIN2O2S/c1-27(2,3)17-6-11-20-23(14-17)34-26(30-15-16-5-12-22(33-4)21(29)13-16)24(20)25(32)31-19-9-7-18(28)8-10-19/h5,7-10,12-13,15,17H,6,11,14H2,1-4H3,(H,31,32)/t17-/m0/s1. The summed E-state index contributed by atoms with van der Waals surface area (Å²) in [6.45, 7) is 6.90. The van der Waals surface area contributed by atoms with Crippen LogP contribution in [0.5, 0.6) is 5.75 Å². The van der Waals surface area contributed by atoms with E-state index >= 15 is 0 Å². The fourth-order valence-corrected chi connectivity index (χ4v) is 6.41. The van der Waals surface area contributed by atoms with Crippen LogP contribution in [-0.2, 0) is 12.8 Å². The number of nitrogens with zero attached hydrogens (tertiary/aromatic N) is 1. The Balaban J connectivity index is 1.69. The molecular formula is C27H28ClIN2O2S. The number of carbonyl (C=O) groups excluding carboxylic acids is 1. The number of amides is 1. The second-order valence-electron chi connectivity index (χ2n) is 9.60. The highest BCUT2D eigenvalue weighted by Gasteiger charge is 2.33. The lowest BCUT2D eigenvalue weighted by Gasteiger charge is -2.33. The molecule has 0 aliphatic heterocycles. The molecule has 3 aromatic rings. The van der Waals surface area contributed by atoms with Crippen LogP contribution >= 0.6 is 45.5 Å². The van der Waals surface area contributed by atoms with Gasteiger partial charge in [-0.05, 0) is 107 Å². The minimum absolute atomic E-state index is 0.120. The predicted octanol–water partition coefficient (Wildman–Crippen LogP) is 8.17. The van der Waals surface area contributed by atoms with E-state index in [1.807, 2.05) is 36.5 Å². The van der Waals surface area contributed by atoms with Crippen molar-refractivity contribution in [2.24, 2.45) is 16.3 Å². The second kappa shape index (κ2) is 10.4. The molecule has 1 N–H and O–H groups in total. The molecule has 0 radical (unpaired) electrons. The number of fused-ring (bicyclic) bond motifs is 1. The molecule has 1 aromatic heterocycles. The van der Waals surface area contributed by atoms with Crippen LogP contribution in [0.4, 0.5) is 10.7 Å². The van der Waals surface area contributed by atoms with Crippen LogP contribution in [0.3, 0.4) is 0 Å². The van der Waals surface area contributed by atoms with E-state index in [1.165, 1.54) is 4.88 Å². The van der Waals surface area contributed by atoms with Crippen LogP contribution < -0.4 is 10.1 Å². The van der Waals surface area contributed by atoms with Crippen LogP contribution in [0.25, 0.3) is 0 Å². The Morgan fingerprint density at radius 2 is 1.97 bits per heavy atom. The number of carbonyl (C=O) groups is 1. The first-order valence-electron chi connectivity index (χ1n) is 11.2. The molecule has 7 heteroatoms. The van der Waals surface area contributed by atoms with E-state index in [2.05, 4.69) is 48.7 Å². The quantitative estimate of drug-likeness (QED) is 0.235. The van der Waals surface area contributed by atoms with E-state index in [4.69, 9.17) is 21.3 Å². The lowest BCUT2D eigenvalue weighted by molar-refractivity contribution is 0.102. The van der Waals surface area contributed by atoms with Crippen molar-refractivity contribution in [2.45, 2.75) is 40.0 Å². The molecule has 1 amide bonds. The Kier molecular flexibility index (Phi) is 7.69. The molecule has 0 bridgehead atoms. The predicted molar refractivity (Wildman–Crippen MR) is 152 cm³/mol. The number of hydrogen-bond acceptors (Lipinski definition) is 4. The van der Waals surface area contributed by atoms with E-state index in [-0.39, 0.29) is 11.3 Å². The molecule has 2 aromatic carbocycles. The zero-order valence-electron chi connectivity index (χ0n) is 19.7. The monoisotopic (exact) mass is 606 g/mol. The van der Waals surface area contributed by atoms with Crippen LogP contribution in [-0.4, -0.2) is 19.2 Å². The third-order valence-electron chi connectivity index (χ3n) is 6.31. The molecule has 0 fully saturated rings. The maximum atomic E-state index is 13.5. The van der Waals surface area contributed by atoms with E-state index in [0.29, 0.717) is 16.5 Å². The minimum atomic E-state index is -0.120. The Hall–Kier alpha value is -1.90. The maximum absolute atomic E-state index is 13.5. The summed E-state index contributed by atoms with van der Waals surface area (Å²) in [5, 5.41) is 4.44. The number of thiophene rings is 1. The topological polar surface area (TPSA) is 50.7 Å². The molecule has 1 aliphatic rings. The first-order chi connectivity index (χ1) is 16.2. The van der Waals surface area contributed by atoms with Crippen molar-refractivity contribution in [3.05, 3.63) is 72.6 Å². The van der Waals surface area contributed by atoms with Gasteiger partial charge in [0.2, 0.25) is 0 Å². The van der Waals surface area contributed by atoms with Crippen molar-refractivity contribution < 1.29 is 9.53 Å². The van der Waals surface area contributed by atoms with Gasteiger partial charge in [0.1, 0.15) is 10.8 Å². The third kappa shape index (κ3) is 5.66. The van der Waals surface area contributed by atoms with Gasteiger partial charge in [0.15, 0.2) is 0 Å². The van der Waals surface area contributed by atoms with E-state index < -0.39 is 0 Å². The van der Waals surface area contributed by atoms with Crippen molar-refractivity contribution in [1.82, 2.24) is 0 Å². The zero-order chi connectivity index (χ0) is 24.5. The van der Waals surface area contributed by atoms with Crippen LogP contribution in [0.1, 0.15) is 53.6 Å². The average molecular weight is 607 g/mol. The van der Waals surface area contributed by atoms with Crippen LogP contribution in [0.2, 0.25) is 5.02 Å². The van der Waals surface area contributed by atoms with Gasteiger partial charge in [-0.15, -0.1) is 11.3 Å². The molecule has 178 valence electrons. The number of rotatable bonds is 5. The fourth-order valence-electron chi connectivity index (χ4n) is 4.26. The number of halogens is 2. The highest BCUT2D eigenvalue weighted by molar-refractivity contribution is 14.1. The molecule has 1 aliphatic carbocycles. The highest BCUT2D eigenvalue weighted by atomic mass is 127. The normalized spacial score (nSPS) is 15.9. The second-order valence-corrected chi connectivity index (χ2v) is 12.3. The van der Waals surface area contributed by atoms with E-state index in [1.54, 1.807) is 30.6 Å². The van der Waals surface area contributed by atoms with Gasteiger partial charge in [0, 0.05) is 21.8 Å². The van der Waals surface area contributed by atoms with E-state index in [0.717, 1.165) is 50.4 Å². The molecule has 1 heterocycles. The zero-order valence-corrected chi connectivity index (χ0v) is 23.5. The summed E-state index contributed by atoms with van der Waals surface area (Å²) < 4.78 is 6.38. The first kappa shape index (κ1) is 25.2. The first-order valence-corrected chi connectivity index (χ1v) is 13.5. The van der Waals surface area contributed by atoms with Crippen molar-refractivity contribution in [3.8, 4) is 5.75 Å². The van der Waals surface area contributed by atoms with Gasteiger partial charge in [0.05, 0.1) is 16.2 Å². The summed E-state index contributed by atoms with van der Waals surface area (Å²) in [6.07, 6.45) is 4.79. The molecule has 0 spiro atoms. The largest absolute Gasteiger partial charge is 0.496 e. The number of aliphatic imine (C=N–C) groups is 1. The summed E-state index contributed by atoms with van der Waals surface area (Å²) in [7, 11) is 1.66. The molecular weight excluding hydrogens is 579 g/mol. The van der Waals surface area contributed by atoms with Gasteiger partial charge in [0.25, 0.3) is 5.91 Å². The van der Waals surface area contributed by atoms with Gasteiger partial charge >= 0.3 is 0 Å². The highest BCUT2D eigenvalue weighted by Crippen LogP contribution is 2.45. The molecule has 0 saturated carbocycles. The van der Waals surface area contributed by atoms with Crippen molar-refractivity contribution in [1.29, 1.82) is 0 Å². The lowest BCUT2D eigenvalue weighted by Crippen LogP contribution is -2.27. The molecule has 0 unspecified atom stereocenters. The number of hydrogen-bond donors (Lipinski definition) is 1. The molecule has 1 atom stereocenters. The fraction of sp³-hybridized carbons (Fsp3) is 0.333. The van der Waals surface area contributed by atoms with Crippen molar-refractivity contribution in [2.75, 3.05) is 12.4 Å². The molecule has 4 nitrogen and oxygen atoms in total. The number of ether oxygens (including phenoxy) is 1. The van der Waals surface area contributed by atoms with E-state index in [9.17, 15) is 4.79 Å². The van der Waals surface area contributed by atoms with Gasteiger partial charge < -0.3 is 10.1 Å². The summed E-state index contributed by atoms with van der Waals surface area (Å²) in [6, 6.07) is 13.1. The number of anilines is 1. The van der Waals surface area contributed by atoms with Gasteiger partial charge in [-0.1, -0.05) is 32.4 Å². The van der Waals surface area contributed by atoms with Crippen molar-refractivity contribution in [3.63, 3.8) is 0 Å². The van der Waals surface area contributed by atoms with Crippen LogP contribution in [0.15, 0.2) is 47.5 Å². The summed E-state index contributed by atoms with van der Waals surface area (Å²) in [5.74, 6) is 1.30. The Bertz CT molecular complexity index is 1230. The lowest BCUT2D eigenvalue weighted by atomic mass is 9.72. The Morgan fingerprint density at radius 3 is 2.62 bits per heavy atom. The van der Waals surface area contributed by atoms with Crippen LogP contribution in [0, 0.1) is 14.9 Å².